The number of nitrogens with zero attached hydrogens (tertiary/aromatic N) is 4. The predicted molar refractivity (Wildman–Crippen MR) is 135 cm³/mol. The van der Waals surface area contributed by atoms with Crippen molar-refractivity contribution in [2.75, 3.05) is 18.4 Å². The number of carbonyl (C=O) groups is 2. The molecular formula is C27H39N5O3. The van der Waals surface area contributed by atoms with Crippen LogP contribution in [0.2, 0.25) is 0 Å². The van der Waals surface area contributed by atoms with Crippen LogP contribution in [-0.2, 0) is 9.59 Å². The van der Waals surface area contributed by atoms with Gasteiger partial charge in [0.25, 0.3) is 0 Å². The molecule has 0 bridgehead atoms. The van der Waals surface area contributed by atoms with Gasteiger partial charge in [-0.15, -0.1) is 10.2 Å². The van der Waals surface area contributed by atoms with E-state index in [-0.39, 0.29) is 29.2 Å². The van der Waals surface area contributed by atoms with E-state index in [4.69, 9.17) is 0 Å². The van der Waals surface area contributed by atoms with E-state index in [0.29, 0.717) is 31.2 Å². The smallest absolute Gasteiger partial charge is 0.230 e. The number of rotatable bonds is 7. The molecule has 1 unspecified atom stereocenters. The van der Waals surface area contributed by atoms with Crippen molar-refractivity contribution in [2.45, 2.75) is 85.3 Å². The number of hydrogen-bond donors (Lipinski definition) is 2. The van der Waals surface area contributed by atoms with Gasteiger partial charge >= 0.3 is 0 Å². The van der Waals surface area contributed by atoms with Crippen LogP contribution in [-0.4, -0.2) is 49.7 Å². The zero-order valence-electron chi connectivity index (χ0n) is 21.8. The van der Waals surface area contributed by atoms with Crippen LogP contribution >= 0.6 is 0 Å². The molecule has 2 N–H and O–H groups in total. The van der Waals surface area contributed by atoms with Gasteiger partial charge in [0.1, 0.15) is 11.9 Å². The van der Waals surface area contributed by atoms with E-state index in [2.05, 4.69) is 40.9 Å². The van der Waals surface area contributed by atoms with Crippen molar-refractivity contribution in [1.29, 1.82) is 0 Å². The summed E-state index contributed by atoms with van der Waals surface area (Å²) in [6, 6.07) is 6.18. The molecule has 190 valence electrons. The lowest BCUT2D eigenvalue weighted by Crippen LogP contribution is -2.31. The molecule has 2 amide bonds. The summed E-state index contributed by atoms with van der Waals surface area (Å²) >= 11 is 0. The fraction of sp³-hybridized carbons (Fsp3) is 0.630. The van der Waals surface area contributed by atoms with Crippen molar-refractivity contribution in [3.05, 3.63) is 41.0 Å². The van der Waals surface area contributed by atoms with Crippen LogP contribution in [0.3, 0.4) is 0 Å². The fourth-order valence-corrected chi connectivity index (χ4v) is 4.97. The Morgan fingerprint density at radius 2 is 1.89 bits per heavy atom. The molecule has 1 aliphatic carbocycles. The number of carbonyl (C=O) groups excluding carboxylic acids is 2. The van der Waals surface area contributed by atoms with E-state index < -0.39 is 12.0 Å². The topological polar surface area (TPSA) is 100 Å². The fourth-order valence-electron chi connectivity index (χ4n) is 4.97. The number of nitrogens with one attached hydrogen (secondary N) is 1. The van der Waals surface area contributed by atoms with E-state index in [1.54, 1.807) is 4.90 Å². The number of aliphatic hydroxyl groups is 1. The quantitative estimate of drug-likeness (QED) is 0.614. The lowest BCUT2D eigenvalue weighted by Gasteiger charge is -2.22. The van der Waals surface area contributed by atoms with Crippen LogP contribution in [0.25, 0.3) is 0 Å². The molecule has 0 radical (unpaired) electrons. The second kappa shape index (κ2) is 9.72. The highest BCUT2D eigenvalue weighted by atomic mass is 16.3. The SMILES string of the molecule is CC(=O)N1C[C@H](C(=O)Nc2ccc(C)cc2C)[C@@H](c2nnc(C(O)CCC(C)(C)C)n2C2CC2)C1. The molecule has 8 nitrogen and oxygen atoms in total. The number of anilines is 1. The summed E-state index contributed by atoms with van der Waals surface area (Å²) in [5, 5.41) is 23.0. The third-order valence-electron chi connectivity index (χ3n) is 7.20. The monoisotopic (exact) mass is 481 g/mol. The maximum atomic E-state index is 13.5. The molecule has 1 saturated carbocycles. The normalized spacial score (nSPS) is 21.3. The number of aromatic nitrogens is 3. The third-order valence-corrected chi connectivity index (χ3v) is 7.20. The van der Waals surface area contributed by atoms with Gasteiger partial charge in [0.05, 0.1) is 11.8 Å². The van der Waals surface area contributed by atoms with Crippen molar-refractivity contribution in [1.82, 2.24) is 19.7 Å². The Morgan fingerprint density at radius 1 is 1.17 bits per heavy atom. The molecule has 2 aliphatic rings. The van der Waals surface area contributed by atoms with Gasteiger partial charge in [0, 0.05) is 31.7 Å². The van der Waals surface area contributed by atoms with Gasteiger partial charge in [0.2, 0.25) is 11.8 Å². The molecule has 4 rings (SSSR count). The molecule has 3 atom stereocenters. The van der Waals surface area contributed by atoms with Crippen molar-refractivity contribution in [2.24, 2.45) is 11.3 Å². The van der Waals surface area contributed by atoms with Gasteiger partial charge in [0.15, 0.2) is 5.82 Å². The molecule has 0 spiro atoms. The molecule has 2 fully saturated rings. The molecule has 1 aliphatic heterocycles. The molecular weight excluding hydrogens is 442 g/mol. The summed E-state index contributed by atoms with van der Waals surface area (Å²) in [4.78, 5) is 27.5. The van der Waals surface area contributed by atoms with Gasteiger partial charge in [-0.2, -0.15) is 0 Å². The predicted octanol–water partition coefficient (Wildman–Crippen LogP) is 4.29. The number of hydrogen-bond acceptors (Lipinski definition) is 5. The van der Waals surface area contributed by atoms with Crippen LogP contribution in [0, 0.1) is 25.2 Å². The Balaban J connectivity index is 1.62. The van der Waals surface area contributed by atoms with Crippen LogP contribution in [0.4, 0.5) is 5.69 Å². The number of aryl methyl sites for hydroxylation is 2. The Morgan fingerprint density at radius 3 is 2.49 bits per heavy atom. The highest BCUT2D eigenvalue weighted by Crippen LogP contribution is 2.43. The zero-order chi connectivity index (χ0) is 25.5. The first-order chi connectivity index (χ1) is 16.4. The number of aliphatic hydroxyl groups excluding tert-OH is 1. The van der Waals surface area contributed by atoms with E-state index in [9.17, 15) is 14.7 Å². The van der Waals surface area contributed by atoms with Crippen LogP contribution < -0.4 is 5.32 Å². The van der Waals surface area contributed by atoms with E-state index >= 15 is 0 Å². The minimum Gasteiger partial charge on any atom is -0.385 e. The minimum atomic E-state index is -0.705. The maximum Gasteiger partial charge on any atom is 0.230 e. The molecule has 35 heavy (non-hydrogen) atoms. The summed E-state index contributed by atoms with van der Waals surface area (Å²) in [5.74, 6) is 0.399. The average molecular weight is 482 g/mol. The molecule has 1 saturated heterocycles. The van der Waals surface area contributed by atoms with Gasteiger partial charge in [-0.3, -0.25) is 9.59 Å². The number of amides is 2. The van der Waals surface area contributed by atoms with E-state index in [1.807, 2.05) is 32.0 Å². The highest BCUT2D eigenvalue weighted by Gasteiger charge is 2.44. The lowest BCUT2D eigenvalue weighted by molar-refractivity contribution is -0.128. The molecule has 1 aromatic heterocycles. The standard InChI is InChI=1S/C27H39N5O3/c1-16-7-10-22(17(2)13-16)28-26(35)21-15-31(18(3)33)14-20(21)24-29-30-25(32(24)19-8-9-19)23(34)11-12-27(4,5)6/h7,10,13,19-21,23,34H,8-9,11-12,14-15H2,1-6H3,(H,28,35)/t20-,21-,23?/m0/s1. The Labute approximate surface area is 208 Å². The molecule has 2 aromatic rings. The summed E-state index contributed by atoms with van der Waals surface area (Å²) in [6.07, 6.45) is 2.78. The van der Waals surface area contributed by atoms with Crippen molar-refractivity contribution >= 4 is 17.5 Å². The first-order valence-corrected chi connectivity index (χ1v) is 12.7. The van der Waals surface area contributed by atoms with Crippen molar-refractivity contribution in [3.8, 4) is 0 Å². The van der Waals surface area contributed by atoms with Crippen LogP contribution in [0.1, 0.15) is 94.2 Å². The van der Waals surface area contributed by atoms with Gasteiger partial charge < -0.3 is 19.9 Å². The van der Waals surface area contributed by atoms with Crippen LogP contribution in [0.15, 0.2) is 18.2 Å². The van der Waals surface area contributed by atoms with Gasteiger partial charge in [-0.1, -0.05) is 38.5 Å². The second-order valence-corrected chi connectivity index (χ2v) is 11.6. The third kappa shape index (κ3) is 5.74. The number of benzene rings is 1. The first kappa shape index (κ1) is 25.4. The Kier molecular flexibility index (Phi) is 7.04. The van der Waals surface area contributed by atoms with E-state index in [0.717, 1.165) is 36.1 Å². The summed E-state index contributed by atoms with van der Waals surface area (Å²) in [7, 11) is 0. The first-order valence-electron chi connectivity index (χ1n) is 12.7. The molecule has 1 aromatic carbocycles. The lowest BCUT2D eigenvalue weighted by atomic mass is 9.89. The Bertz CT molecular complexity index is 1100. The summed E-state index contributed by atoms with van der Waals surface area (Å²) in [6.45, 7) is 12.8. The van der Waals surface area contributed by atoms with Gasteiger partial charge in [-0.05, 0) is 56.6 Å². The highest BCUT2D eigenvalue weighted by molar-refractivity contribution is 5.94. The van der Waals surface area contributed by atoms with Crippen LogP contribution in [0.5, 0.6) is 0 Å². The minimum absolute atomic E-state index is 0.0558. The largest absolute Gasteiger partial charge is 0.385 e. The molecule has 2 heterocycles. The second-order valence-electron chi connectivity index (χ2n) is 11.6. The Hall–Kier alpha value is -2.74. The van der Waals surface area contributed by atoms with Gasteiger partial charge in [-0.25, -0.2) is 0 Å². The maximum absolute atomic E-state index is 13.5. The van der Waals surface area contributed by atoms with E-state index in [1.165, 1.54) is 6.92 Å². The number of likely N-dealkylation sites (tertiary alicyclic amines) is 1. The zero-order valence-corrected chi connectivity index (χ0v) is 21.8. The summed E-state index contributed by atoms with van der Waals surface area (Å²) in [5.41, 5.74) is 3.03. The van der Waals surface area contributed by atoms with Crippen molar-refractivity contribution < 1.29 is 14.7 Å². The summed E-state index contributed by atoms with van der Waals surface area (Å²) < 4.78 is 2.07. The van der Waals surface area contributed by atoms with Crippen molar-refractivity contribution in [3.63, 3.8) is 0 Å². The average Bonchev–Trinajstić information content (AvgIpc) is 3.35. The molecule has 8 heteroatoms.